The zero-order valence-electron chi connectivity index (χ0n) is 9.67. The summed E-state index contributed by atoms with van der Waals surface area (Å²) in [5, 5.41) is 18.0. The third-order valence-electron chi connectivity index (χ3n) is 2.58. The molecule has 0 atom stereocenters. The van der Waals surface area contributed by atoms with E-state index >= 15 is 0 Å². The lowest BCUT2D eigenvalue weighted by molar-refractivity contribution is 1.42. The second kappa shape index (κ2) is 5.48. The molecule has 0 heterocycles. The lowest BCUT2D eigenvalue weighted by Crippen LogP contribution is -1.87. The Morgan fingerprint density at radius 2 is 1.56 bits per heavy atom. The Kier molecular flexibility index (Phi) is 3.54. The van der Waals surface area contributed by atoms with Gasteiger partial charge in [0, 0.05) is 0 Å². The Morgan fingerprint density at radius 1 is 0.778 bits per heavy atom. The molecule has 0 radical (unpaired) electrons. The summed E-state index contributed by atoms with van der Waals surface area (Å²) >= 11 is 0. The van der Waals surface area contributed by atoms with E-state index in [1.165, 1.54) is 0 Å². The zero-order chi connectivity index (χ0) is 12.8. The van der Waals surface area contributed by atoms with Crippen molar-refractivity contribution >= 4 is 12.2 Å². The van der Waals surface area contributed by atoms with Gasteiger partial charge in [0.15, 0.2) is 0 Å². The van der Waals surface area contributed by atoms with Gasteiger partial charge in [0.1, 0.15) is 12.1 Å². The highest BCUT2D eigenvalue weighted by atomic mass is 14.3. The Morgan fingerprint density at radius 3 is 2.22 bits per heavy atom. The molecule has 0 aromatic heterocycles. The molecule has 18 heavy (non-hydrogen) atoms. The molecule has 0 aliphatic rings. The SMILES string of the molecule is N#Cc1cccc(/C=C/c2ccccc2)c1C#N. The quantitative estimate of drug-likeness (QED) is 0.740. The van der Waals surface area contributed by atoms with Crippen LogP contribution in [0.2, 0.25) is 0 Å². The molecular weight excluding hydrogens is 220 g/mol. The molecule has 84 valence electrons. The Balaban J connectivity index is 2.40. The molecule has 0 aliphatic heterocycles. The van der Waals surface area contributed by atoms with Gasteiger partial charge in [0.25, 0.3) is 0 Å². The van der Waals surface area contributed by atoms with E-state index in [1.54, 1.807) is 12.1 Å². The molecule has 0 N–H and O–H groups in total. The molecule has 2 aromatic carbocycles. The van der Waals surface area contributed by atoms with E-state index < -0.39 is 0 Å². The Bertz CT molecular complexity index is 656. The van der Waals surface area contributed by atoms with Crippen molar-refractivity contribution in [2.45, 2.75) is 0 Å². The molecule has 0 bridgehead atoms. The third kappa shape index (κ3) is 2.45. The van der Waals surface area contributed by atoms with Crippen molar-refractivity contribution in [2.75, 3.05) is 0 Å². The van der Waals surface area contributed by atoms with Crippen molar-refractivity contribution in [3.05, 3.63) is 70.8 Å². The highest BCUT2D eigenvalue weighted by Gasteiger charge is 2.04. The van der Waals surface area contributed by atoms with E-state index in [0.717, 1.165) is 11.1 Å². The summed E-state index contributed by atoms with van der Waals surface area (Å²) in [6.45, 7) is 0. The number of nitrogens with zero attached hydrogens (tertiary/aromatic N) is 2. The van der Waals surface area contributed by atoms with Crippen LogP contribution in [0.4, 0.5) is 0 Å². The van der Waals surface area contributed by atoms with Crippen molar-refractivity contribution in [3.8, 4) is 12.1 Å². The van der Waals surface area contributed by atoms with Crippen LogP contribution in [-0.4, -0.2) is 0 Å². The molecule has 0 fully saturated rings. The fourth-order valence-electron chi connectivity index (χ4n) is 1.68. The molecule has 0 spiro atoms. The van der Waals surface area contributed by atoms with Crippen LogP contribution in [0.15, 0.2) is 48.5 Å². The predicted octanol–water partition coefficient (Wildman–Crippen LogP) is 3.60. The minimum atomic E-state index is 0.410. The maximum Gasteiger partial charge on any atom is 0.101 e. The first-order valence-corrected chi connectivity index (χ1v) is 5.51. The minimum Gasteiger partial charge on any atom is -0.192 e. The first-order valence-electron chi connectivity index (χ1n) is 5.51. The van der Waals surface area contributed by atoms with Crippen molar-refractivity contribution in [1.82, 2.24) is 0 Å². The third-order valence-corrected chi connectivity index (χ3v) is 2.58. The van der Waals surface area contributed by atoms with Gasteiger partial charge in [-0.15, -0.1) is 0 Å². The van der Waals surface area contributed by atoms with Crippen molar-refractivity contribution in [2.24, 2.45) is 0 Å². The summed E-state index contributed by atoms with van der Waals surface area (Å²) in [5.74, 6) is 0. The average molecular weight is 230 g/mol. The van der Waals surface area contributed by atoms with Crippen LogP contribution in [0.3, 0.4) is 0 Å². The monoisotopic (exact) mass is 230 g/mol. The number of hydrogen-bond acceptors (Lipinski definition) is 2. The topological polar surface area (TPSA) is 47.6 Å². The van der Waals surface area contributed by atoms with Crippen molar-refractivity contribution < 1.29 is 0 Å². The van der Waals surface area contributed by atoms with Gasteiger partial charge in [-0.25, -0.2) is 0 Å². The summed E-state index contributed by atoms with van der Waals surface area (Å²) in [7, 11) is 0. The van der Waals surface area contributed by atoms with Gasteiger partial charge in [0.2, 0.25) is 0 Å². The molecule has 2 rings (SSSR count). The highest BCUT2D eigenvalue weighted by molar-refractivity contribution is 5.74. The van der Waals surface area contributed by atoms with Crippen LogP contribution in [0, 0.1) is 22.7 Å². The Labute approximate surface area is 106 Å². The van der Waals surface area contributed by atoms with Gasteiger partial charge >= 0.3 is 0 Å². The van der Waals surface area contributed by atoms with Gasteiger partial charge in [-0.2, -0.15) is 10.5 Å². The molecule has 2 heteroatoms. The summed E-state index contributed by atoms with van der Waals surface area (Å²) in [6, 6.07) is 19.2. The number of nitriles is 2. The largest absolute Gasteiger partial charge is 0.192 e. The van der Waals surface area contributed by atoms with E-state index in [4.69, 9.17) is 10.5 Å². The second-order valence-corrected chi connectivity index (χ2v) is 3.74. The van der Waals surface area contributed by atoms with Crippen LogP contribution in [0.25, 0.3) is 12.2 Å². The molecule has 0 aliphatic carbocycles. The molecule has 0 saturated heterocycles. The maximum absolute atomic E-state index is 9.09. The lowest BCUT2D eigenvalue weighted by atomic mass is 10.0. The normalized spacial score (nSPS) is 9.89. The first-order chi connectivity index (χ1) is 8.85. The summed E-state index contributed by atoms with van der Waals surface area (Å²) < 4.78 is 0. The molecule has 2 nitrogen and oxygen atoms in total. The van der Waals surface area contributed by atoms with Crippen LogP contribution in [0.5, 0.6) is 0 Å². The number of benzene rings is 2. The highest BCUT2D eigenvalue weighted by Crippen LogP contribution is 2.16. The zero-order valence-corrected chi connectivity index (χ0v) is 9.67. The molecule has 2 aromatic rings. The van der Waals surface area contributed by atoms with Crippen molar-refractivity contribution in [3.63, 3.8) is 0 Å². The fourth-order valence-corrected chi connectivity index (χ4v) is 1.68. The number of hydrogen-bond donors (Lipinski definition) is 0. The average Bonchev–Trinajstić information content (AvgIpc) is 2.45. The maximum atomic E-state index is 9.09. The predicted molar refractivity (Wildman–Crippen MR) is 71.2 cm³/mol. The van der Waals surface area contributed by atoms with Gasteiger partial charge in [0.05, 0.1) is 11.1 Å². The standard InChI is InChI=1S/C16H10N2/c17-11-15-8-4-7-14(16(15)12-18)10-9-13-5-2-1-3-6-13/h1-10H/b10-9+. The second-order valence-electron chi connectivity index (χ2n) is 3.74. The fraction of sp³-hybridized carbons (Fsp3) is 0. The van der Waals surface area contributed by atoms with Crippen LogP contribution in [0.1, 0.15) is 22.3 Å². The van der Waals surface area contributed by atoms with E-state index in [0.29, 0.717) is 11.1 Å². The smallest absolute Gasteiger partial charge is 0.101 e. The van der Waals surface area contributed by atoms with Gasteiger partial charge < -0.3 is 0 Å². The van der Waals surface area contributed by atoms with Gasteiger partial charge in [-0.1, -0.05) is 54.6 Å². The van der Waals surface area contributed by atoms with E-state index in [1.807, 2.05) is 54.6 Å². The molecule has 0 unspecified atom stereocenters. The lowest BCUT2D eigenvalue weighted by Gasteiger charge is -1.99. The van der Waals surface area contributed by atoms with Crippen molar-refractivity contribution in [1.29, 1.82) is 10.5 Å². The van der Waals surface area contributed by atoms with Gasteiger partial charge in [-0.05, 0) is 17.2 Å². The van der Waals surface area contributed by atoms with E-state index in [2.05, 4.69) is 6.07 Å². The minimum absolute atomic E-state index is 0.410. The van der Waals surface area contributed by atoms with Gasteiger partial charge in [-0.3, -0.25) is 0 Å². The molecule has 0 saturated carbocycles. The van der Waals surface area contributed by atoms with Crippen LogP contribution in [-0.2, 0) is 0 Å². The Hall–Kier alpha value is -2.84. The number of rotatable bonds is 2. The molecule has 0 amide bonds. The van der Waals surface area contributed by atoms with E-state index in [9.17, 15) is 0 Å². The van der Waals surface area contributed by atoms with E-state index in [-0.39, 0.29) is 0 Å². The molecular formula is C16H10N2. The van der Waals surface area contributed by atoms with Crippen LogP contribution >= 0.6 is 0 Å². The summed E-state index contributed by atoms with van der Waals surface area (Å²) in [6.07, 6.45) is 3.78. The summed E-state index contributed by atoms with van der Waals surface area (Å²) in [5.41, 5.74) is 2.66. The summed E-state index contributed by atoms with van der Waals surface area (Å²) in [4.78, 5) is 0. The first kappa shape index (κ1) is 11.6. The van der Waals surface area contributed by atoms with Crippen LogP contribution < -0.4 is 0 Å².